The first-order chi connectivity index (χ1) is 14.1. The fraction of sp³-hybridized carbons (Fsp3) is 0.409. The zero-order chi connectivity index (χ0) is 21.2. The van der Waals surface area contributed by atoms with Crippen LogP contribution in [0.15, 0.2) is 35.4 Å². The molecule has 2 rings (SSSR count). The van der Waals surface area contributed by atoms with Crippen molar-refractivity contribution in [3.63, 3.8) is 0 Å². The van der Waals surface area contributed by atoms with Crippen LogP contribution >= 0.6 is 11.8 Å². The maximum Gasteiger partial charge on any atom is 0.238 e. The Morgan fingerprint density at radius 1 is 1.24 bits per heavy atom. The number of nitrogens with zero attached hydrogens (tertiary/aromatic N) is 2. The van der Waals surface area contributed by atoms with E-state index in [0.717, 1.165) is 25.0 Å². The first-order valence-corrected chi connectivity index (χ1v) is 10.5. The van der Waals surface area contributed by atoms with Gasteiger partial charge in [-0.05, 0) is 43.5 Å². The fourth-order valence-corrected chi connectivity index (χ4v) is 3.74. The largest absolute Gasteiger partial charge is 0.497 e. The lowest BCUT2D eigenvalue weighted by Gasteiger charge is -2.17. The second-order valence-electron chi connectivity index (χ2n) is 6.44. The minimum Gasteiger partial charge on any atom is -0.497 e. The van der Waals surface area contributed by atoms with E-state index in [1.807, 2.05) is 13.0 Å². The Hall–Kier alpha value is -2.72. The predicted octanol–water partition coefficient (Wildman–Crippen LogP) is 4.82. The van der Waals surface area contributed by atoms with Crippen molar-refractivity contribution in [1.29, 1.82) is 5.26 Å². The molecular formula is C22H27N3O3S. The quantitative estimate of drug-likeness (QED) is 0.562. The molecule has 1 atom stereocenters. The Labute approximate surface area is 176 Å². The van der Waals surface area contributed by atoms with Crippen LogP contribution in [0.4, 0.5) is 5.69 Å². The minimum atomic E-state index is -0.386. The highest BCUT2D eigenvalue weighted by Gasteiger charge is 2.22. The van der Waals surface area contributed by atoms with Gasteiger partial charge in [-0.3, -0.25) is 4.79 Å². The van der Waals surface area contributed by atoms with Crippen molar-refractivity contribution in [2.24, 2.45) is 0 Å². The van der Waals surface area contributed by atoms with Crippen molar-refractivity contribution in [3.8, 4) is 17.6 Å². The van der Waals surface area contributed by atoms with Crippen LogP contribution in [0, 0.1) is 11.3 Å². The summed E-state index contributed by atoms with van der Waals surface area (Å²) in [7, 11) is 3.12. The van der Waals surface area contributed by atoms with Gasteiger partial charge in [0.05, 0.1) is 30.7 Å². The molecule has 1 unspecified atom stereocenters. The molecular weight excluding hydrogens is 386 g/mol. The van der Waals surface area contributed by atoms with E-state index < -0.39 is 0 Å². The fourth-order valence-electron chi connectivity index (χ4n) is 2.72. The van der Waals surface area contributed by atoms with Gasteiger partial charge in [0.1, 0.15) is 22.6 Å². The maximum absolute atomic E-state index is 12.9. The number of ether oxygens (including phenoxy) is 2. The number of amides is 1. The molecule has 1 N–H and O–H groups in total. The molecule has 0 fully saturated rings. The number of aromatic nitrogens is 1. The van der Waals surface area contributed by atoms with Gasteiger partial charge in [0, 0.05) is 11.8 Å². The van der Waals surface area contributed by atoms with Crippen LogP contribution in [0.2, 0.25) is 0 Å². The molecule has 6 nitrogen and oxygen atoms in total. The number of hydrogen-bond donors (Lipinski definition) is 1. The highest BCUT2D eigenvalue weighted by atomic mass is 32.2. The van der Waals surface area contributed by atoms with Crippen molar-refractivity contribution < 1.29 is 14.3 Å². The number of methoxy groups -OCH3 is 2. The third kappa shape index (κ3) is 6.13. The topological polar surface area (TPSA) is 84.2 Å². The highest BCUT2D eigenvalue weighted by Crippen LogP contribution is 2.32. The Kier molecular flexibility index (Phi) is 8.81. The molecule has 29 heavy (non-hydrogen) atoms. The van der Waals surface area contributed by atoms with Gasteiger partial charge in [-0.15, -0.1) is 0 Å². The van der Waals surface area contributed by atoms with Gasteiger partial charge >= 0.3 is 0 Å². The number of thioether (sulfide) groups is 1. The zero-order valence-corrected chi connectivity index (χ0v) is 18.1. The number of anilines is 1. The molecule has 154 valence electrons. The number of unbranched alkanes of at least 4 members (excludes halogenated alkanes) is 1. The van der Waals surface area contributed by atoms with Crippen LogP contribution < -0.4 is 14.8 Å². The summed E-state index contributed by atoms with van der Waals surface area (Å²) in [6.07, 6.45) is 3.58. The second-order valence-corrected chi connectivity index (χ2v) is 7.63. The van der Waals surface area contributed by atoms with Crippen molar-refractivity contribution in [2.45, 2.75) is 49.8 Å². The number of nitriles is 1. The molecule has 0 radical (unpaired) electrons. The van der Waals surface area contributed by atoms with Crippen LogP contribution in [0.5, 0.6) is 11.5 Å². The molecule has 1 aromatic heterocycles. The number of rotatable bonds is 10. The van der Waals surface area contributed by atoms with Crippen LogP contribution in [-0.4, -0.2) is 30.4 Å². The number of pyridine rings is 1. The normalized spacial score (nSPS) is 11.4. The van der Waals surface area contributed by atoms with E-state index in [9.17, 15) is 10.1 Å². The van der Waals surface area contributed by atoms with E-state index >= 15 is 0 Å². The van der Waals surface area contributed by atoms with Crippen LogP contribution in [0.1, 0.15) is 44.4 Å². The summed E-state index contributed by atoms with van der Waals surface area (Å²) in [5.41, 5.74) is 2.01. The summed E-state index contributed by atoms with van der Waals surface area (Å²) in [6.45, 7) is 4.07. The minimum absolute atomic E-state index is 0.161. The number of hydrogen-bond acceptors (Lipinski definition) is 6. The average molecular weight is 414 g/mol. The molecule has 0 bridgehead atoms. The van der Waals surface area contributed by atoms with E-state index in [-0.39, 0.29) is 11.2 Å². The Bertz CT molecular complexity index is 880. The number of carbonyl (C=O) groups is 1. The van der Waals surface area contributed by atoms with E-state index in [1.54, 1.807) is 38.5 Å². The summed E-state index contributed by atoms with van der Waals surface area (Å²) in [4.78, 5) is 17.5. The number of aryl methyl sites for hydroxylation is 1. The van der Waals surface area contributed by atoms with Gasteiger partial charge in [-0.1, -0.05) is 32.0 Å². The second kappa shape index (κ2) is 11.3. The number of nitrogens with one attached hydrogen (secondary N) is 1. The molecule has 1 heterocycles. The first kappa shape index (κ1) is 22.6. The molecule has 7 heteroatoms. The molecule has 1 aromatic carbocycles. The van der Waals surface area contributed by atoms with Gasteiger partial charge in [-0.25, -0.2) is 4.98 Å². The molecule has 0 saturated carbocycles. The van der Waals surface area contributed by atoms with Crippen LogP contribution in [-0.2, 0) is 11.2 Å². The monoisotopic (exact) mass is 413 g/mol. The zero-order valence-electron chi connectivity index (χ0n) is 17.3. The molecule has 0 aliphatic carbocycles. The van der Waals surface area contributed by atoms with Gasteiger partial charge < -0.3 is 14.8 Å². The smallest absolute Gasteiger partial charge is 0.238 e. The Morgan fingerprint density at radius 2 is 2.03 bits per heavy atom. The highest BCUT2D eigenvalue weighted by molar-refractivity contribution is 8.00. The van der Waals surface area contributed by atoms with Crippen molar-refractivity contribution in [1.82, 2.24) is 4.98 Å². The van der Waals surface area contributed by atoms with Crippen LogP contribution in [0.25, 0.3) is 0 Å². The first-order valence-electron chi connectivity index (χ1n) is 9.65. The van der Waals surface area contributed by atoms with E-state index in [4.69, 9.17) is 9.47 Å². The summed E-state index contributed by atoms with van der Waals surface area (Å²) in [5.74, 6) is 1.01. The third-order valence-electron chi connectivity index (χ3n) is 4.41. The van der Waals surface area contributed by atoms with Crippen molar-refractivity contribution in [2.75, 3.05) is 19.5 Å². The molecule has 1 amide bonds. The summed E-state index contributed by atoms with van der Waals surface area (Å²) in [6, 6.07) is 11.1. The number of carbonyl (C=O) groups excluding carboxylic acids is 1. The van der Waals surface area contributed by atoms with E-state index in [2.05, 4.69) is 23.3 Å². The molecule has 2 aromatic rings. The van der Waals surface area contributed by atoms with E-state index in [0.29, 0.717) is 34.2 Å². The summed E-state index contributed by atoms with van der Waals surface area (Å²) < 4.78 is 10.5. The molecule has 0 saturated heterocycles. The average Bonchev–Trinajstić information content (AvgIpc) is 2.76. The van der Waals surface area contributed by atoms with Gasteiger partial charge in [0.15, 0.2) is 0 Å². The third-order valence-corrected chi connectivity index (χ3v) is 5.77. The number of benzene rings is 1. The molecule has 0 spiro atoms. The predicted molar refractivity (Wildman–Crippen MR) is 116 cm³/mol. The lowest BCUT2D eigenvalue weighted by atomic mass is 10.2. The Morgan fingerprint density at radius 3 is 2.66 bits per heavy atom. The summed E-state index contributed by atoms with van der Waals surface area (Å²) in [5, 5.41) is 12.6. The van der Waals surface area contributed by atoms with Crippen molar-refractivity contribution in [3.05, 3.63) is 41.6 Å². The molecule has 0 aliphatic heterocycles. The van der Waals surface area contributed by atoms with Crippen LogP contribution in [0.3, 0.4) is 0 Å². The van der Waals surface area contributed by atoms with Crippen molar-refractivity contribution >= 4 is 23.4 Å². The molecule has 0 aliphatic rings. The standard InChI is InChI=1S/C22H27N3O3S/c1-5-7-8-16-10-9-15(14-23)22(24-16)29-20(6-2)21(26)25-18-12-11-17(27-3)13-19(18)28-4/h9-13,20H,5-8H2,1-4H3,(H,25,26). The van der Waals surface area contributed by atoms with Gasteiger partial charge in [0.25, 0.3) is 0 Å². The van der Waals surface area contributed by atoms with Gasteiger partial charge in [0.2, 0.25) is 5.91 Å². The summed E-state index contributed by atoms with van der Waals surface area (Å²) >= 11 is 1.32. The lowest BCUT2D eigenvalue weighted by Crippen LogP contribution is -2.25. The lowest BCUT2D eigenvalue weighted by molar-refractivity contribution is -0.115. The maximum atomic E-state index is 12.9. The van der Waals surface area contributed by atoms with E-state index in [1.165, 1.54) is 11.8 Å². The Balaban J connectivity index is 2.19. The SMILES string of the molecule is CCCCc1ccc(C#N)c(SC(CC)C(=O)Nc2ccc(OC)cc2OC)n1. The van der Waals surface area contributed by atoms with Gasteiger partial charge in [-0.2, -0.15) is 5.26 Å².